The van der Waals surface area contributed by atoms with Crippen LogP contribution in [0.5, 0.6) is 0 Å². The summed E-state index contributed by atoms with van der Waals surface area (Å²) in [7, 11) is -2.17. The third kappa shape index (κ3) is 48.3. The molecule has 0 aromatic carbocycles. The van der Waals surface area contributed by atoms with Gasteiger partial charge in [0.05, 0.1) is 0 Å². The summed E-state index contributed by atoms with van der Waals surface area (Å²) in [6, 6.07) is 0. The fourth-order valence-corrected chi connectivity index (χ4v) is 0. The lowest BCUT2D eigenvalue weighted by atomic mass is 15.9. The van der Waals surface area contributed by atoms with Crippen molar-refractivity contribution in [3.05, 3.63) is 0 Å². The van der Waals surface area contributed by atoms with Gasteiger partial charge < -0.3 is 4.55 Å². The smallest absolute Gasteiger partial charge is 0.00367 e. The van der Waals surface area contributed by atoms with Crippen molar-refractivity contribution in [2.45, 2.75) is 0 Å². The molecule has 1 unspecified atom stereocenters. The van der Waals surface area contributed by atoms with Crippen LogP contribution in [0.25, 0.3) is 0 Å². The molecule has 0 amide bonds. The first-order chi connectivity index (χ1) is 1.73. The second-order valence-corrected chi connectivity index (χ2v) is 1.55. The van der Waals surface area contributed by atoms with Crippen molar-refractivity contribution < 1.29 is 8.76 Å². The van der Waals surface area contributed by atoms with E-state index in [9.17, 15) is 0 Å². The molecule has 34 valence electrons. The van der Waals surface area contributed by atoms with Crippen molar-refractivity contribution in [2.75, 3.05) is 0 Å². The van der Waals surface area contributed by atoms with Crippen LogP contribution < -0.4 is 0 Å². The molecular weight excluding hydrogens is 176 g/mol. The first-order valence-corrected chi connectivity index (χ1v) is 2.64. The molecule has 0 aliphatic carbocycles. The van der Waals surface area contributed by atoms with Gasteiger partial charge in [0.2, 0.25) is 0 Å². The first-order valence-electron chi connectivity index (χ1n) is 0.516. The fraction of sp³-hybridized carbons (Fsp3) is 0. The molecule has 1 atom stereocenters. The van der Waals surface area contributed by atoms with Crippen LogP contribution in [-0.4, -0.2) is 8.76 Å². The molecule has 0 aliphatic heterocycles. The van der Waals surface area contributed by atoms with Crippen molar-refractivity contribution >= 4 is 38.8 Å². The van der Waals surface area contributed by atoms with Gasteiger partial charge in [-0.15, -0.1) is 17.0 Å². The minimum atomic E-state index is -2.17. The van der Waals surface area contributed by atoms with Crippen LogP contribution >= 0.6 is 28.6 Å². The Hall–Kier alpha value is 0.940. The molecule has 5 heteroatoms. The van der Waals surface area contributed by atoms with E-state index in [2.05, 4.69) is 11.7 Å². The Labute approximate surface area is 47.8 Å². The molecule has 0 radical (unpaired) electrons. The average molecular weight is 178 g/mol. The first kappa shape index (κ1) is 9.34. The fourth-order valence-electron chi connectivity index (χ4n) is 0. The lowest BCUT2D eigenvalue weighted by Gasteiger charge is -1.83. The summed E-state index contributed by atoms with van der Waals surface area (Å²) < 4.78 is 17.7. The van der Waals surface area contributed by atoms with Gasteiger partial charge >= 0.3 is 0 Å². The second kappa shape index (κ2) is 4.94. The highest BCUT2D eigenvalue weighted by Gasteiger charge is 1.42. The lowest BCUT2D eigenvalue weighted by Crippen LogP contribution is -1.61. The Morgan fingerprint density at radius 2 is 1.80 bits per heavy atom. The molecule has 0 aliphatic rings. The number of halogens is 1. The van der Waals surface area contributed by atoms with Crippen LogP contribution in [0.15, 0.2) is 0 Å². The van der Waals surface area contributed by atoms with Crippen LogP contribution in [0.3, 0.4) is 0 Å². The molecule has 5 heavy (non-hydrogen) atoms. The molecule has 0 fully saturated rings. The normalized spacial score (nSPS) is 12.4. The maximum atomic E-state index is 8.86. The molecule has 0 aromatic heterocycles. The van der Waals surface area contributed by atoms with Gasteiger partial charge in [-0.2, -0.15) is 0 Å². The van der Waals surface area contributed by atoms with Crippen LogP contribution in [0.4, 0.5) is 0 Å². The SMILES string of the molecule is Br.O=S([O-])S. The number of rotatable bonds is 0. The summed E-state index contributed by atoms with van der Waals surface area (Å²) in [5.41, 5.74) is 0. The highest BCUT2D eigenvalue weighted by atomic mass is 79.9. The molecule has 0 N–H and O–H groups in total. The summed E-state index contributed by atoms with van der Waals surface area (Å²) in [5, 5.41) is 0. The average Bonchev–Trinajstić information content (AvgIpc) is 0.811. The zero-order valence-corrected chi connectivity index (χ0v) is 5.50. The van der Waals surface area contributed by atoms with E-state index in [1.165, 1.54) is 0 Å². The van der Waals surface area contributed by atoms with E-state index < -0.39 is 10.1 Å². The second-order valence-electron chi connectivity index (χ2n) is 0.217. The van der Waals surface area contributed by atoms with Crippen molar-refractivity contribution in [1.82, 2.24) is 0 Å². The van der Waals surface area contributed by atoms with Crippen molar-refractivity contribution in [2.24, 2.45) is 0 Å². The standard InChI is InChI=1S/BrH.H2O2S2/c;1-4(2)3/h1H;(H2,1,2,3)/p-1. The lowest BCUT2D eigenvalue weighted by molar-refractivity contribution is 0.554. The van der Waals surface area contributed by atoms with Gasteiger partial charge in [-0.25, -0.2) is 0 Å². The zero-order chi connectivity index (χ0) is 3.58. The maximum absolute atomic E-state index is 8.86. The van der Waals surface area contributed by atoms with Gasteiger partial charge in [0.15, 0.2) is 0 Å². The molecule has 0 aromatic rings. The minimum absolute atomic E-state index is 0. The Balaban J connectivity index is 0. The predicted molar refractivity (Wildman–Crippen MR) is 28.2 cm³/mol. The molecule has 0 saturated carbocycles. The van der Waals surface area contributed by atoms with Crippen LogP contribution in [-0.2, 0) is 10.1 Å². The van der Waals surface area contributed by atoms with E-state index in [-0.39, 0.29) is 17.0 Å². The summed E-state index contributed by atoms with van der Waals surface area (Å²) in [6.07, 6.45) is 0. The summed E-state index contributed by atoms with van der Waals surface area (Å²) in [4.78, 5) is 0. The molecule has 0 spiro atoms. The van der Waals surface area contributed by atoms with Gasteiger partial charge in [0, 0.05) is 10.1 Å². The number of hydrogen-bond donors (Lipinski definition) is 1. The topological polar surface area (TPSA) is 40.1 Å². The number of hydrogen-bond acceptors (Lipinski definition) is 2. The van der Waals surface area contributed by atoms with Crippen LogP contribution in [0, 0.1) is 0 Å². The predicted octanol–water partition coefficient (Wildman–Crippen LogP) is 0.288. The summed E-state index contributed by atoms with van der Waals surface area (Å²) in [5.74, 6) is 0. The number of thiol groups is 1. The van der Waals surface area contributed by atoms with Crippen molar-refractivity contribution in [3.63, 3.8) is 0 Å². The molecule has 2 nitrogen and oxygen atoms in total. The molecule has 0 bridgehead atoms. The highest BCUT2D eigenvalue weighted by molar-refractivity contribution is 8.93. The Bertz CT molecular complexity index is 30.6. The van der Waals surface area contributed by atoms with Gasteiger partial charge in [-0.05, 0) is 0 Å². The molecular formula is H2BrO2S2-. The minimum Gasteiger partial charge on any atom is -0.764 e. The van der Waals surface area contributed by atoms with Gasteiger partial charge in [0.1, 0.15) is 0 Å². The Morgan fingerprint density at radius 1 is 1.80 bits per heavy atom. The van der Waals surface area contributed by atoms with Crippen molar-refractivity contribution in [3.8, 4) is 0 Å². The van der Waals surface area contributed by atoms with E-state index in [1.54, 1.807) is 0 Å². The van der Waals surface area contributed by atoms with E-state index in [0.29, 0.717) is 0 Å². The van der Waals surface area contributed by atoms with E-state index in [0.717, 1.165) is 0 Å². The Morgan fingerprint density at radius 3 is 1.80 bits per heavy atom. The quantitative estimate of drug-likeness (QED) is 0.329. The highest BCUT2D eigenvalue weighted by Crippen LogP contribution is 1.69. The van der Waals surface area contributed by atoms with Gasteiger partial charge in [-0.1, -0.05) is 11.7 Å². The van der Waals surface area contributed by atoms with Gasteiger partial charge in [0.25, 0.3) is 0 Å². The summed E-state index contributed by atoms with van der Waals surface area (Å²) in [6.45, 7) is 0. The van der Waals surface area contributed by atoms with E-state index in [1.807, 2.05) is 0 Å². The zero-order valence-electron chi connectivity index (χ0n) is 2.08. The molecule has 0 rings (SSSR count). The maximum Gasteiger partial charge on any atom is 0.00367 e. The Kier molecular flexibility index (Phi) is 9.23. The summed E-state index contributed by atoms with van der Waals surface area (Å²) >= 11 is 2.88. The van der Waals surface area contributed by atoms with Crippen LogP contribution in [0.1, 0.15) is 0 Å². The van der Waals surface area contributed by atoms with E-state index >= 15 is 0 Å². The third-order valence-corrected chi connectivity index (χ3v) is 0. The molecule has 0 heterocycles. The third-order valence-electron chi connectivity index (χ3n) is 0. The van der Waals surface area contributed by atoms with Crippen molar-refractivity contribution in [1.29, 1.82) is 0 Å². The van der Waals surface area contributed by atoms with Gasteiger partial charge in [-0.3, -0.25) is 4.21 Å². The largest absolute Gasteiger partial charge is 0.764 e. The van der Waals surface area contributed by atoms with Crippen LogP contribution in [0.2, 0.25) is 0 Å². The van der Waals surface area contributed by atoms with E-state index in [4.69, 9.17) is 8.76 Å². The molecule has 0 saturated heterocycles. The monoisotopic (exact) mass is 177 g/mol.